The van der Waals surface area contributed by atoms with Crippen LogP contribution in [0.5, 0.6) is 0 Å². The van der Waals surface area contributed by atoms with Crippen LogP contribution >= 0.6 is 0 Å². The Morgan fingerprint density at radius 2 is 1.76 bits per heavy atom. The number of amides is 2. The Morgan fingerprint density at radius 1 is 1.12 bits per heavy atom. The number of rotatable bonds is 12. The fourth-order valence-electron chi connectivity index (χ4n) is 4.04. The van der Waals surface area contributed by atoms with Crippen LogP contribution in [0.1, 0.15) is 45.1 Å². The van der Waals surface area contributed by atoms with Crippen LogP contribution < -0.4 is 0 Å². The average Bonchev–Trinajstić information content (AvgIpc) is 2.78. The van der Waals surface area contributed by atoms with Crippen LogP contribution in [-0.4, -0.2) is 86.0 Å². The zero-order valence-corrected chi connectivity index (χ0v) is 20.7. The highest BCUT2D eigenvalue weighted by Gasteiger charge is 2.32. The summed E-state index contributed by atoms with van der Waals surface area (Å²) in [7, 11) is -2.05. The number of sulfonamides is 1. The summed E-state index contributed by atoms with van der Waals surface area (Å²) in [5.41, 5.74) is 0.765. The molecular weight excluding hydrogens is 449 g/mol. The van der Waals surface area contributed by atoms with Gasteiger partial charge in [0.2, 0.25) is 21.8 Å². The minimum absolute atomic E-state index is 0.00174. The molecule has 186 valence electrons. The maximum atomic E-state index is 13.4. The third-order valence-electron chi connectivity index (χ3n) is 5.75. The van der Waals surface area contributed by atoms with Crippen molar-refractivity contribution >= 4 is 21.8 Å². The van der Waals surface area contributed by atoms with Crippen LogP contribution in [-0.2, 0) is 30.9 Å². The molecule has 1 aromatic carbocycles. The van der Waals surface area contributed by atoms with Gasteiger partial charge in [-0.15, -0.1) is 0 Å². The molecule has 0 bridgehead atoms. The molecule has 33 heavy (non-hydrogen) atoms. The average molecular weight is 486 g/mol. The van der Waals surface area contributed by atoms with E-state index in [1.807, 2.05) is 6.92 Å². The van der Waals surface area contributed by atoms with Gasteiger partial charge in [-0.2, -0.15) is 4.31 Å². The van der Waals surface area contributed by atoms with Crippen molar-refractivity contribution in [1.29, 1.82) is 0 Å². The normalized spacial score (nSPS) is 15.1. The van der Waals surface area contributed by atoms with Gasteiger partial charge in [-0.3, -0.25) is 9.59 Å². The topological polar surface area (TPSA) is 87.2 Å². The zero-order chi connectivity index (χ0) is 24.4. The van der Waals surface area contributed by atoms with E-state index in [0.717, 1.165) is 5.56 Å². The largest absolute Gasteiger partial charge is 0.375 e. The third kappa shape index (κ3) is 8.04. The van der Waals surface area contributed by atoms with E-state index in [1.54, 1.807) is 28.9 Å². The van der Waals surface area contributed by atoms with E-state index in [2.05, 4.69) is 0 Å². The number of hydrogen-bond donors (Lipinski definition) is 0. The summed E-state index contributed by atoms with van der Waals surface area (Å²) < 4.78 is 45.0. The van der Waals surface area contributed by atoms with Crippen molar-refractivity contribution in [3.63, 3.8) is 0 Å². The van der Waals surface area contributed by atoms with Crippen molar-refractivity contribution in [3.05, 3.63) is 35.6 Å². The Balaban J connectivity index is 2.20. The highest BCUT2D eigenvalue weighted by Crippen LogP contribution is 2.21. The first-order chi connectivity index (χ1) is 15.7. The molecule has 1 aromatic rings. The fourth-order valence-corrected chi connectivity index (χ4v) is 5.59. The lowest BCUT2D eigenvalue weighted by Gasteiger charge is -2.39. The predicted octanol–water partition coefficient (Wildman–Crippen LogP) is 2.24. The molecular formula is C23H36FN3O5S. The van der Waals surface area contributed by atoms with Crippen LogP contribution in [0.2, 0.25) is 0 Å². The van der Waals surface area contributed by atoms with Crippen LogP contribution in [0.15, 0.2) is 24.3 Å². The van der Waals surface area contributed by atoms with E-state index in [1.165, 1.54) is 23.5 Å². The lowest BCUT2D eigenvalue weighted by Crippen LogP contribution is -2.51. The summed E-state index contributed by atoms with van der Waals surface area (Å²) in [6.07, 6.45) is 2.24. The van der Waals surface area contributed by atoms with Crippen molar-refractivity contribution in [2.24, 2.45) is 0 Å². The summed E-state index contributed by atoms with van der Waals surface area (Å²) in [4.78, 5) is 29.0. The second-order valence-corrected chi connectivity index (χ2v) is 10.4. The number of ether oxygens (including phenoxy) is 1. The number of nitrogens with zero attached hydrogens (tertiary/aromatic N) is 3. The number of carbonyl (C=O) groups is 2. The summed E-state index contributed by atoms with van der Waals surface area (Å²) in [5, 5.41) is 0. The Hall–Kier alpha value is -2.04. The van der Waals surface area contributed by atoms with Crippen molar-refractivity contribution in [2.45, 2.75) is 52.1 Å². The Morgan fingerprint density at radius 3 is 2.30 bits per heavy atom. The molecule has 2 amide bonds. The van der Waals surface area contributed by atoms with Crippen molar-refractivity contribution in [1.82, 2.24) is 14.1 Å². The second kappa shape index (κ2) is 13.0. The summed E-state index contributed by atoms with van der Waals surface area (Å²) in [6, 6.07) is 5.80. The molecule has 1 aliphatic heterocycles. The van der Waals surface area contributed by atoms with Gasteiger partial charge in [0.15, 0.2) is 0 Å². The van der Waals surface area contributed by atoms with Gasteiger partial charge >= 0.3 is 0 Å². The van der Waals surface area contributed by atoms with E-state index in [0.29, 0.717) is 38.8 Å². The van der Waals surface area contributed by atoms with Gasteiger partial charge in [-0.05, 0) is 43.4 Å². The van der Waals surface area contributed by atoms with Crippen LogP contribution in [0.4, 0.5) is 4.39 Å². The minimum atomic E-state index is -3.53. The second-order valence-electron chi connectivity index (χ2n) is 8.34. The van der Waals surface area contributed by atoms with Crippen molar-refractivity contribution in [2.75, 3.05) is 45.6 Å². The Kier molecular flexibility index (Phi) is 10.7. The monoisotopic (exact) mass is 485 g/mol. The third-order valence-corrected chi connectivity index (χ3v) is 7.77. The predicted molar refractivity (Wildman–Crippen MR) is 124 cm³/mol. The van der Waals surface area contributed by atoms with Gasteiger partial charge < -0.3 is 14.5 Å². The summed E-state index contributed by atoms with van der Waals surface area (Å²) in [6.45, 7) is 4.99. The number of benzene rings is 1. The number of carbonyl (C=O) groups excluding carboxylic acids is 2. The molecule has 0 unspecified atom stereocenters. The number of halogens is 1. The van der Waals surface area contributed by atoms with Gasteiger partial charge in [0.25, 0.3) is 0 Å². The highest BCUT2D eigenvalue weighted by molar-refractivity contribution is 7.89. The van der Waals surface area contributed by atoms with Gasteiger partial charge in [-0.1, -0.05) is 26.0 Å². The molecule has 0 radical (unpaired) electrons. The van der Waals surface area contributed by atoms with E-state index in [4.69, 9.17) is 4.74 Å². The van der Waals surface area contributed by atoms with E-state index >= 15 is 0 Å². The van der Waals surface area contributed by atoms with E-state index in [9.17, 15) is 22.4 Å². The highest BCUT2D eigenvalue weighted by atomic mass is 32.2. The Labute approximate surface area is 196 Å². The number of hydrogen-bond acceptors (Lipinski definition) is 5. The molecule has 8 nitrogen and oxygen atoms in total. The molecule has 0 aliphatic carbocycles. The molecule has 0 N–H and O–H groups in total. The zero-order valence-electron chi connectivity index (χ0n) is 19.8. The number of methoxy groups -OCH3 is 1. The molecule has 1 fully saturated rings. The lowest BCUT2D eigenvalue weighted by molar-refractivity contribution is -0.139. The number of likely N-dealkylation sites (tertiary alicyclic amines) is 1. The van der Waals surface area contributed by atoms with Crippen LogP contribution in [0, 0.1) is 5.82 Å². The first kappa shape index (κ1) is 27.2. The molecule has 1 aliphatic rings. The number of piperidine rings is 1. The molecule has 0 atom stereocenters. The quantitative estimate of drug-likeness (QED) is 0.453. The molecule has 0 aromatic heterocycles. The molecule has 1 heterocycles. The summed E-state index contributed by atoms with van der Waals surface area (Å²) >= 11 is 0. The lowest BCUT2D eigenvalue weighted by atomic mass is 10.0. The van der Waals surface area contributed by atoms with Crippen LogP contribution in [0.25, 0.3) is 0 Å². The van der Waals surface area contributed by atoms with Crippen molar-refractivity contribution < 1.29 is 27.1 Å². The fraction of sp³-hybridized carbons (Fsp3) is 0.652. The van der Waals surface area contributed by atoms with Gasteiger partial charge in [0.05, 0.1) is 12.3 Å². The molecule has 10 heteroatoms. The van der Waals surface area contributed by atoms with Gasteiger partial charge in [-0.25, -0.2) is 12.8 Å². The SMILES string of the molecule is CCCN(CC(=O)N(Cc1ccc(F)cc1)C1CCN(C(=O)COC)CC1)S(=O)(=O)CCC. The molecule has 2 rings (SSSR count). The summed E-state index contributed by atoms with van der Waals surface area (Å²) in [5.74, 6) is -0.735. The molecule has 0 spiro atoms. The maximum Gasteiger partial charge on any atom is 0.248 e. The van der Waals surface area contributed by atoms with Crippen LogP contribution in [0.3, 0.4) is 0 Å². The Bertz CT molecular complexity index is 871. The first-order valence-corrected chi connectivity index (χ1v) is 13.1. The minimum Gasteiger partial charge on any atom is -0.375 e. The molecule has 1 saturated heterocycles. The van der Waals surface area contributed by atoms with Crippen molar-refractivity contribution in [3.8, 4) is 0 Å². The molecule has 0 saturated carbocycles. The maximum absolute atomic E-state index is 13.4. The smallest absolute Gasteiger partial charge is 0.248 e. The van der Waals surface area contributed by atoms with E-state index in [-0.39, 0.29) is 55.7 Å². The van der Waals surface area contributed by atoms with Gasteiger partial charge in [0.1, 0.15) is 12.4 Å². The first-order valence-electron chi connectivity index (χ1n) is 11.5. The van der Waals surface area contributed by atoms with Gasteiger partial charge in [0, 0.05) is 39.3 Å². The van der Waals surface area contributed by atoms with E-state index < -0.39 is 10.0 Å². The standard InChI is InChI=1S/C23H36FN3O5S/c1-4-12-26(33(30,31)15-5-2)17-22(28)27(16-19-6-8-20(24)9-7-19)21-10-13-25(14-11-21)23(29)18-32-3/h6-9,21H,4-5,10-18H2,1-3H3.